The number of aromatic nitrogens is 1. The molecule has 1 aliphatic carbocycles. The Kier molecular flexibility index (Phi) is 9.57. The van der Waals surface area contributed by atoms with Crippen molar-refractivity contribution in [3.05, 3.63) is 88.8 Å². The molecule has 1 fully saturated rings. The first-order valence-electron chi connectivity index (χ1n) is 13.2. The van der Waals surface area contributed by atoms with Crippen molar-refractivity contribution >= 4 is 23.8 Å². The quantitative estimate of drug-likeness (QED) is 0.337. The van der Waals surface area contributed by atoms with Crippen LogP contribution in [-0.2, 0) is 4.79 Å². The summed E-state index contributed by atoms with van der Waals surface area (Å²) in [6.07, 6.45) is 6.01. The number of hydrogen-bond donors (Lipinski definition) is 1. The van der Waals surface area contributed by atoms with E-state index >= 15 is 0 Å². The van der Waals surface area contributed by atoms with E-state index in [2.05, 4.69) is 10.3 Å². The SMILES string of the molecule is CCOc1cc(/C=C2\CC(NC(=O)c3ccccn3)C/C(=C\c3ccc(OC)c(OCC)c3)C2=O)ccc1OC. The van der Waals surface area contributed by atoms with E-state index in [1.165, 1.54) is 0 Å². The molecule has 40 heavy (non-hydrogen) atoms. The molecule has 1 aromatic heterocycles. The predicted octanol–water partition coefficient (Wildman–Crippen LogP) is 5.52. The lowest BCUT2D eigenvalue weighted by Gasteiger charge is -2.27. The lowest BCUT2D eigenvalue weighted by Crippen LogP contribution is -2.39. The van der Waals surface area contributed by atoms with Crippen molar-refractivity contribution in [3.63, 3.8) is 0 Å². The van der Waals surface area contributed by atoms with E-state index in [-0.39, 0.29) is 17.7 Å². The van der Waals surface area contributed by atoms with Gasteiger partial charge in [0.2, 0.25) is 0 Å². The summed E-state index contributed by atoms with van der Waals surface area (Å²) in [4.78, 5) is 30.8. The van der Waals surface area contributed by atoms with Gasteiger partial charge in [0.25, 0.3) is 5.91 Å². The molecule has 1 aliphatic rings. The van der Waals surface area contributed by atoms with Gasteiger partial charge in [-0.1, -0.05) is 18.2 Å². The van der Waals surface area contributed by atoms with E-state index in [1.54, 1.807) is 38.6 Å². The van der Waals surface area contributed by atoms with Gasteiger partial charge in [0, 0.05) is 23.4 Å². The molecular weight excluding hydrogens is 508 g/mol. The second kappa shape index (κ2) is 13.5. The third-order valence-electron chi connectivity index (χ3n) is 6.41. The average molecular weight is 543 g/mol. The fourth-order valence-corrected chi connectivity index (χ4v) is 4.61. The Labute approximate surface area is 234 Å². The molecule has 0 atom stereocenters. The number of carbonyl (C=O) groups is 2. The molecule has 2 aromatic carbocycles. The van der Waals surface area contributed by atoms with Crippen LogP contribution >= 0.6 is 0 Å². The molecule has 0 spiro atoms. The third kappa shape index (κ3) is 6.88. The largest absolute Gasteiger partial charge is 0.493 e. The van der Waals surface area contributed by atoms with Gasteiger partial charge in [-0.25, -0.2) is 0 Å². The summed E-state index contributed by atoms with van der Waals surface area (Å²) in [5.41, 5.74) is 3.08. The van der Waals surface area contributed by atoms with Gasteiger partial charge >= 0.3 is 0 Å². The number of ether oxygens (including phenoxy) is 4. The van der Waals surface area contributed by atoms with Crippen molar-refractivity contribution in [3.8, 4) is 23.0 Å². The highest BCUT2D eigenvalue weighted by Crippen LogP contribution is 2.34. The summed E-state index contributed by atoms with van der Waals surface area (Å²) in [6.45, 7) is 4.76. The predicted molar refractivity (Wildman–Crippen MR) is 154 cm³/mol. The molecule has 0 saturated heterocycles. The number of nitrogens with zero attached hydrogens (tertiary/aromatic N) is 1. The maximum absolute atomic E-state index is 13.7. The van der Waals surface area contributed by atoms with Gasteiger partial charge in [-0.15, -0.1) is 0 Å². The Morgan fingerprint density at radius 3 is 1.85 bits per heavy atom. The molecule has 1 N–H and O–H groups in total. The van der Waals surface area contributed by atoms with Crippen molar-refractivity contribution < 1.29 is 28.5 Å². The van der Waals surface area contributed by atoms with Gasteiger partial charge in [0.05, 0.1) is 27.4 Å². The molecule has 208 valence electrons. The zero-order chi connectivity index (χ0) is 28.5. The molecule has 4 rings (SSSR count). The molecular formula is C32H34N2O6. The van der Waals surface area contributed by atoms with Crippen molar-refractivity contribution in [2.75, 3.05) is 27.4 Å². The standard InChI is InChI=1S/C32H34N2O6/c1-5-39-29-17-21(10-12-27(29)37-3)15-23-19-25(34-32(36)26-9-7-8-14-33-26)20-24(31(23)35)16-22-11-13-28(38-4)30(18-22)40-6-2/h7-18,25H,5-6,19-20H2,1-4H3,(H,34,36)/b23-15+,24-16+. The number of carbonyl (C=O) groups excluding carboxylic acids is 2. The number of benzene rings is 2. The van der Waals surface area contributed by atoms with Crippen LogP contribution in [0.25, 0.3) is 12.2 Å². The zero-order valence-electron chi connectivity index (χ0n) is 23.2. The Balaban J connectivity index is 1.71. The minimum atomic E-state index is -0.307. The molecule has 8 nitrogen and oxygen atoms in total. The van der Waals surface area contributed by atoms with E-state index < -0.39 is 0 Å². The molecule has 8 heteroatoms. The first kappa shape index (κ1) is 28.4. The fourth-order valence-electron chi connectivity index (χ4n) is 4.61. The molecule has 0 bridgehead atoms. The van der Waals surface area contributed by atoms with E-state index in [1.807, 2.05) is 62.4 Å². The maximum atomic E-state index is 13.7. The smallest absolute Gasteiger partial charge is 0.270 e. The van der Waals surface area contributed by atoms with Gasteiger partial charge in [-0.3, -0.25) is 14.6 Å². The van der Waals surface area contributed by atoms with Gasteiger partial charge in [0.15, 0.2) is 28.8 Å². The van der Waals surface area contributed by atoms with Crippen LogP contribution < -0.4 is 24.3 Å². The molecule has 0 aliphatic heterocycles. The lowest BCUT2D eigenvalue weighted by molar-refractivity contribution is -0.113. The number of pyridine rings is 1. The number of rotatable bonds is 10. The highest BCUT2D eigenvalue weighted by Gasteiger charge is 2.29. The number of Topliss-reactive ketones (excluding diaryl/α,β-unsaturated/α-hetero) is 1. The van der Waals surface area contributed by atoms with Crippen molar-refractivity contribution in [2.24, 2.45) is 0 Å². The molecule has 1 heterocycles. The lowest BCUT2D eigenvalue weighted by atomic mass is 9.83. The van der Waals surface area contributed by atoms with Crippen LogP contribution in [0.3, 0.4) is 0 Å². The summed E-state index contributed by atoms with van der Waals surface area (Å²) >= 11 is 0. The van der Waals surface area contributed by atoms with Crippen molar-refractivity contribution in [2.45, 2.75) is 32.7 Å². The first-order valence-corrected chi connectivity index (χ1v) is 13.2. The van der Waals surface area contributed by atoms with Crippen LogP contribution in [-0.4, -0.2) is 50.1 Å². The van der Waals surface area contributed by atoms with Gasteiger partial charge < -0.3 is 24.3 Å². The zero-order valence-corrected chi connectivity index (χ0v) is 23.2. The second-order valence-corrected chi connectivity index (χ2v) is 9.15. The summed E-state index contributed by atoms with van der Waals surface area (Å²) in [5.74, 6) is 2.06. The number of nitrogens with one attached hydrogen (secondary N) is 1. The van der Waals surface area contributed by atoms with E-state index in [9.17, 15) is 9.59 Å². The highest BCUT2D eigenvalue weighted by molar-refractivity contribution is 6.14. The average Bonchev–Trinajstić information content (AvgIpc) is 2.96. The van der Waals surface area contributed by atoms with Crippen LogP contribution in [0.5, 0.6) is 23.0 Å². The second-order valence-electron chi connectivity index (χ2n) is 9.15. The first-order chi connectivity index (χ1) is 19.4. The molecule has 1 saturated carbocycles. The summed E-state index contributed by atoms with van der Waals surface area (Å²) < 4.78 is 22.2. The number of ketones is 1. The molecule has 0 unspecified atom stereocenters. The Morgan fingerprint density at radius 2 is 1.40 bits per heavy atom. The number of hydrogen-bond acceptors (Lipinski definition) is 7. The van der Waals surface area contributed by atoms with Crippen LogP contribution in [0.2, 0.25) is 0 Å². The van der Waals surface area contributed by atoms with Crippen LogP contribution in [0.4, 0.5) is 0 Å². The van der Waals surface area contributed by atoms with Crippen LogP contribution in [0.1, 0.15) is 48.3 Å². The van der Waals surface area contributed by atoms with E-state index in [0.29, 0.717) is 65.9 Å². The molecule has 0 radical (unpaired) electrons. The van der Waals surface area contributed by atoms with Crippen LogP contribution in [0.15, 0.2) is 71.9 Å². The number of methoxy groups -OCH3 is 2. The Morgan fingerprint density at radius 1 is 0.850 bits per heavy atom. The summed E-state index contributed by atoms with van der Waals surface area (Å²) in [5, 5.41) is 3.06. The van der Waals surface area contributed by atoms with Crippen molar-refractivity contribution in [1.29, 1.82) is 0 Å². The van der Waals surface area contributed by atoms with E-state index in [4.69, 9.17) is 18.9 Å². The fraction of sp³-hybridized carbons (Fsp3) is 0.281. The molecule has 3 aromatic rings. The van der Waals surface area contributed by atoms with Crippen LogP contribution in [0, 0.1) is 0 Å². The highest BCUT2D eigenvalue weighted by atomic mass is 16.5. The van der Waals surface area contributed by atoms with Gasteiger partial charge in [0.1, 0.15) is 5.69 Å². The maximum Gasteiger partial charge on any atom is 0.270 e. The monoisotopic (exact) mass is 542 g/mol. The molecule has 1 amide bonds. The summed E-state index contributed by atoms with van der Waals surface area (Å²) in [7, 11) is 3.17. The minimum absolute atomic E-state index is 0.0779. The van der Waals surface area contributed by atoms with Gasteiger partial charge in [-0.05, 0) is 86.4 Å². The Bertz CT molecular complexity index is 1330. The van der Waals surface area contributed by atoms with Gasteiger partial charge in [-0.2, -0.15) is 0 Å². The third-order valence-corrected chi connectivity index (χ3v) is 6.41. The van der Waals surface area contributed by atoms with E-state index in [0.717, 1.165) is 11.1 Å². The number of amides is 1. The normalized spacial score (nSPS) is 17.0. The minimum Gasteiger partial charge on any atom is -0.493 e. The van der Waals surface area contributed by atoms with Crippen molar-refractivity contribution in [1.82, 2.24) is 10.3 Å². The topological polar surface area (TPSA) is 96.0 Å². The Hall–Kier alpha value is -4.59. The summed E-state index contributed by atoms with van der Waals surface area (Å²) in [6, 6.07) is 16.0.